The largest absolute Gasteiger partial charge is 0.357 e. The van der Waals surface area contributed by atoms with Crippen LogP contribution in [0.25, 0.3) is 5.69 Å². The zero-order chi connectivity index (χ0) is 18.0. The van der Waals surface area contributed by atoms with Crippen molar-refractivity contribution in [3.8, 4) is 5.69 Å². The van der Waals surface area contributed by atoms with Gasteiger partial charge in [-0.3, -0.25) is 4.68 Å². The number of benzene rings is 1. The molecule has 0 radical (unpaired) electrons. The Morgan fingerprint density at radius 2 is 1.93 bits per heavy atom. The molecule has 0 aliphatic rings. The van der Waals surface area contributed by atoms with Crippen molar-refractivity contribution in [1.82, 2.24) is 30.2 Å². The van der Waals surface area contributed by atoms with Crippen LogP contribution in [0.1, 0.15) is 18.9 Å². The number of halogens is 1. The van der Waals surface area contributed by atoms with E-state index in [2.05, 4.69) is 44.9 Å². The van der Waals surface area contributed by atoms with Crippen LogP contribution in [-0.4, -0.2) is 38.6 Å². The van der Waals surface area contributed by atoms with Crippen LogP contribution in [0.4, 0.5) is 0 Å². The lowest BCUT2D eigenvalue weighted by Crippen LogP contribution is -2.38. The molecule has 2 N–H and O–H groups in total. The number of rotatable bonds is 8. The van der Waals surface area contributed by atoms with E-state index in [1.807, 2.05) is 46.0 Å². The Morgan fingerprint density at radius 1 is 1.07 bits per heavy atom. The monoisotopic (exact) mass is 479 g/mol. The van der Waals surface area contributed by atoms with Crippen LogP contribution in [0, 0.1) is 0 Å². The van der Waals surface area contributed by atoms with Crippen molar-refractivity contribution in [2.24, 2.45) is 4.99 Å². The summed E-state index contributed by atoms with van der Waals surface area (Å²) in [5.74, 6) is 0.831. The molecular weight excluding hydrogens is 453 g/mol. The highest BCUT2D eigenvalue weighted by molar-refractivity contribution is 14.0. The molecule has 0 amide bonds. The number of aliphatic imine (C=N–C) groups is 1. The standard InChI is InChI=1S/C19H25N7.HI/c1-2-20-19(21-9-4-12-25-13-5-10-23-25)22-16-17-7-3-8-18(15-17)26-14-6-11-24-26;/h3,5-8,10-11,13-15H,2,4,9,12,16H2,1H3,(H2,20,21,22);1H. The summed E-state index contributed by atoms with van der Waals surface area (Å²) in [6.07, 6.45) is 8.48. The van der Waals surface area contributed by atoms with Crippen LogP contribution in [-0.2, 0) is 13.1 Å². The van der Waals surface area contributed by atoms with Gasteiger partial charge in [0.2, 0.25) is 0 Å². The van der Waals surface area contributed by atoms with Crippen LogP contribution in [0.3, 0.4) is 0 Å². The van der Waals surface area contributed by atoms with Gasteiger partial charge in [-0.05, 0) is 43.2 Å². The Hall–Kier alpha value is -2.36. The quantitative estimate of drug-likeness (QED) is 0.226. The SMILES string of the molecule is CCNC(=NCc1cccc(-n2cccn2)c1)NCCCn1cccn1.I. The molecule has 3 aromatic rings. The second-order valence-corrected chi connectivity index (χ2v) is 5.87. The predicted molar refractivity (Wildman–Crippen MR) is 119 cm³/mol. The van der Waals surface area contributed by atoms with Crippen molar-refractivity contribution in [3.05, 3.63) is 66.7 Å². The summed E-state index contributed by atoms with van der Waals surface area (Å²) in [5, 5.41) is 15.1. The highest BCUT2D eigenvalue weighted by Gasteiger charge is 2.00. The molecular formula is C19H26IN7. The van der Waals surface area contributed by atoms with Crippen molar-refractivity contribution >= 4 is 29.9 Å². The lowest BCUT2D eigenvalue weighted by Gasteiger charge is -2.11. The average Bonchev–Trinajstić information content (AvgIpc) is 3.37. The maximum absolute atomic E-state index is 4.68. The molecule has 144 valence electrons. The lowest BCUT2D eigenvalue weighted by atomic mass is 10.2. The van der Waals surface area contributed by atoms with Crippen LogP contribution in [0.15, 0.2) is 66.2 Å². The predicted octanol–water partition coefficient (Wildman–Crippen LogP) is 2.83. The summed E-state index contributed by atoms with van der Waals surface area (Å²) in [5.41, 5.74) is 2.19. The number of nitrogens with one attached hydrogen (secondary N) is 2. The molecule has 0 saturated heterocycles. The van der Waals surface area contributed by atoms with Crippen molar-refractivity contribution in [1.29, 1.82) is 0 Å². The fraction of sp³-hybridized carbons (Fsp3) is 0.316. The molecule has 2 aromatic heterocycles. The van der Waals surface area contributed by atoms with Gasteiger partial charge in [0.1, 0.15) is 0 Å². The third-order valence-electron chi connectivity index (χ3n) is 3.86. The highest BCUT2D eigenvalue weighted by Crippen LogP contribution is 2.10. The third kappa shape index (κ3) is 6.70. The van der Waals surface area contributed by atoms with E-state index in [1.165, 1.54) is 0 Å². The molecule has 7 nitrogen and oxygen atoms in total. The first-order chi connectivity index (χ1) is 12.8. The minimum absolute atomic E-state index is 0. The van der Waals surface area contributed by atoms with Gasteiger partial charge in [-0.2, -0.15) is 10.2 Å². The smallest absolute Gasteiger partial charge is 0.191 e. The molecule has 2 heterocycles. The second-order valence-electron chi connectivity index (χ2n) is 5.87. The molecule has 0 unspecified atom stereocenters. The molecule has 0 aliphatic heterocycles. The fourth-order valence-corrected chi connectivity index (χ4v) is 2.61. The van der Waals surface area contributed by atoms with Crippen molar-refractivity contribution < 1.29 is 0 Å². The van der Waals surface area contributed by atoms with E-state index in [9.17, 15) is 0 Å². The zero-order valence-electron chi connectivity index (χ0n) is 15.5. The summed E-state index contributed by atoms with van der Waals surface area (Å²) >= 11 is 0. The van der Waals surface area contributed by atoms with Crippen LogP contribution < -0.4 is 10.6 Å². The molecule has 0 spiro atoms. The average molecular weight is 479 g/mol. The number of aromatic nitrogens is 4. The minimum atomic E-state index is 0. The van der Waals surface area contributed by atoms with E-state index in [4.69, 9.17) is 0 Å². The molecule has 8 heteroatoms. The van der Waals surface area contributed by atoms with Gasteiger partial charge in [-0.25, -0.2) is 9.67 Å². The molecule has 0 fully saturated rings. The number of nitrogens with zero attached hydrogens (tertiary/aromatic N) is 5. The fourth-order valence-electron chi connectivity index (χ4n) is 2.61. The van der Waals surface area contributed by atoms with Gasteiger partial charge in [0.15, 0.2) is 5.96 Å². The number of aryl methyl sites for hydroxylation is 1. The lowest BCUT2D eigenvalue weighted by molar-refractivity contribution is 0.570. The first-order valence-corrected chi connectivity index (χ1v) is 8.93. The van der Waals surface area contributed by atoms with E-state index >= 15 is 0 Å². The second kappa shape index (κ2) is 11.4. The van der Waals surface area contributed by atoms with Crippen molar-refractivity contribution in [2.45, 2.75) is 26.4 Å². The first kappa shape index (κ1) is 20.9. The maximum Gasteiger partial charge on any atom is 0.191 e. The molecule has 3 rings (SSSR count). The van der Waals surface area contributed by atoms with Gasteiger partial charge in [-0.15, -0.1) is 24.0 Å². The van der Waals surface area contributed by atoms with Gasteiger partial charge >= 0.3 is 0 Å². The Labute approximate surface area is 176 Å². The van der Waals surface area contributed by atoms with E-state index < -0.39 is 0 Å². The summed E-state index contributed by atoms with van der Waals surface area (Å²) < 4.78 is 3.79. The van der Waals surface area contributed by atoms with Gasteiger partial charge in [-0.1, -0.05) is 12.1 Å². The van der Waals surface area contributed by atoms with E-state index in [-0.39, 0.29) is 24.0 Å². The normalized spacial score (nSPS) is 11.1. The molecule has 0 atom stereocenters. The molecule has 1 aromatic carbocycles. The Kier molecular flexibility index (Phi) is 8.82. The molecule has 0 saturated carbocycles. The van der Waals surface area contributed by atoms with E-state index in [0.29, 0.717) is 6.54 Å². The van der Waals surface area contributed by atoms with Crippen LogP contribution in [0.5, 0.6) is 0 Å². The van der Waals surface area contributed by atoms with Crippen molar-refractivity contribution in [2.75, 3.05) is 13.1 Å². The number of hydrogen-bond donors (Lipinski definition) is 2. The minimum Gasteiger partial charge on any atom is -0.357 e. The van der Waals surface area contributed by atoms with Gasteiger partial charge in [0.25, 0.3) is 0 Å². The van der Waals surface area contributed by atoms with E-state index in [1.54, 1.807) is 12.4 Å². The maximum atomic E-state index is 4.68. The molecule has 0 aliphatic carbocycles. The number of hydrogen-bond acceptors (Lipinski definition) is 3. The summed E-state index contributed by atoms with van der Waals surface area (Å²) in [6.45, 7) is 5.26. The van der Waals surface area contributed by atoms with Gasteiger partial charge in [0.05, 0.1) is 12.2 Å². The topological polar surface area (TPSA) is 72.1 Å². The first-order valence-electron chi connectivity index (χ1n) is 8.93. The van der Waals surface area contributed by atoms with Crippen LogP contribution in [0.2, 0.25) is 0 Å². The highest BCUT2D eigenvalue weighted by atomic mass is 127. The Balaban J connectivity index is 0.00000261. The summed E-state index contributed by atoms with van der Waals surface area (Å²) in [7, 11) is 0. The van der Waals surface area contributed by atoms with E-state index in [0.717, 1.165) is 43.3 Å². The molecule has 27 heavy (non-hydrogen) atoms. The van der Waals surface area contributed by atoms with Crippen molar-refractivity contribution in [3.63, 3.8) is 0 Å². The number of guanidine groups is 1. The van der Waals surface area contributed by atoms with Gasteiger partial charge < -0.3 is 10.6 Å². The molecule has 0 bridgehead atoms. The third-order valence-corrected chi connectivity index (χ3v) is 3.86. The Morgan fingerprint density at radius 3 is 2.67 bits per heavy atom. The van der Waals surface area contributed by atoms with Crippen LogP contribution >= 0.6 is 24.0 Å². The summed E-state index contributed by atoms with van der Waals surface area (Å²) in [4.78, 5) is 4.68. The summed E-state index contributed by atoms with van der Waals surface area (Å²) in [6, 6.07) is 12.1. The van der Waals surface area contributed by atoms with Gasteiger partial charge in [0, 0.05) is 44.4 Å². The Bertz CT molecular complexity index is 797. The zero-order valence-corrected chi connectivity index (χ0v) is 17.8.